The van der Waals surface area contributed by atoms with Crippen LogP contribution >= 0.6 is 0 Å². The van der Waals surface area contributed by atoms with E-state index in [1.165, 1.54) is 6.42 Å². The molecule has 202 valence electrons. The summed E-state index contributed by atoms with van der Waals surface area (Å²) in [5.74, 6) is -0.280. The van der Waals surface area contributed by atoms with E-state index in [9.17, 15) is 14.4 Å². The Kier molecular flexibility index (Phi) is 8.13. The van der Waals surface area contributed by atoms with Gasteiger partial charge in [-0.1, -0.05) is 30.7 Å². The molecule has 2 unspecified atom stereocenters. The molecule has 0 radical (unpaired) electrons. The first-order chi connectivity index (χ1) is 18.1. The van der Waals surface area contributed by atoms with Crippen molar-refractivity contribution in [2.75, 3.05) is 13.2 Å². The van der Waals surface area contributed by atoms with E-state index < -0.39 is 6.61 Å². The van der Waals surface area contributed by atoms with Gasteiger partial charge in [0.2, 0.25) is 0 Å². The summed E-state index contributed by atoms with van der Waals surface area (Å²) in [6.07, 6.45) is 4.92. The van der Waals surface area contributed by atoms with Crippen molar-refractivity contribution in [3.8, 4) is 11.1 Å². The largest absolute Gasteiger partial charge is 0.483 e. The fraction of sp³-hybridized carbons (Fsp3) is 0.467. The highest BCUT2D eigenvalue weighted by atomic mass is 16.5. The third-order valence-corrected chi connectivity index (χ3v) is 7.90. The summed E-state index contributed by atoms with van der Waals surface area (Å²) in [6.45, 7) is 5.40. The standard InChI is InChI=1S/C29H33NO5.CH2O2/c1-29(2,3)30-24-6-4-5-17(24)14-25(30)28(34)35-16-27(33)19-8-10-23-21(12-19)13-20-11-18(26(32)15-31)7-9-22(20)23;2-1-3/h7-12,17,24-25,31H,4-6,13-16H2,1-3H3;1H,(H,2,3)/t17?,24?,25-;/m0./s1. The summed E-state index contributed by atoms with van der Waals surface area (Å²) < 4.78 is 5.58. The van der Waals surface area contributed by atoms with Gasteiger partial charge in [0, 0.05) is 22.7 Å². The fourth-order valence-corrected chi connectivity index (χ4v) is 6.43. The minimum atomic E-state index is -0.515. The molecule has 5 rings (SSSR count). The van der Waals surface area contributed by atoms with Crippen molar-refractivity contribution in [1.29, 1.82) is 0 Å². The van der Waals surface area contributed by atoms with Crippen LogP contribution < -0.4 is 0 Å². The molecule has 1 saturated heterocycles. The molecule has 1 heterocycles. The molecule has 3 atom stereocenters. The van der Waals surface area contributed by atoms with Crippen molar-refractivity contribution in [3.05, 3.63) is 58.7 Å². The number of esters is 1. The molecule has 0 aromatic heterocycles. The molecular formula is C30H35NO7. The Labute approximate surface area is 222 Å². The first-order valence-electron chi connectivity index (χ1n) is 13.1. The topological polar surface area (TPSA) is 121 Å². The molecule has 8 nitrogen and oxygen atoms in total. The second-order valence-corrected chi connectivity index (χ2v) is 11.2. The van der Waals surface area contributed by atoms with Gasteiger partial charge in [-0.15, -0.1) is 0 Å². The number of hydrogen-bond donors (Lipinski definition) is 2. The average molecular weight is 522 g/mol. The molecule has 0 bridgehead atoms. The highest BCUT2D eigenvalue weighted by molar-refractivity contribution is 6.00. The van der Waals surface area contributed by atoms with E-state index in [2.05, 4.69) is 25.7 Å². The number of Topliss-reactive ketones (excluding diaryl/α,β-unsaturated/α-hetero) is 2. The molecule has 1 saturated carbocycles. The number of ether oxygens (including phenoxy) is 1. The molecule has 38 heavy (non-hydrogen) atoms. The molecule has 3 aliphatic rings. The van der Waals surface area contributed by atoms with Crippen LogP contribution in [-0.4, -0.2) is 70.0 Å². The SMILES string of the molecule is CC(C)(C)N1C2CCCC2C[C@H]1C(=O)OCC(=O)c1ccc2c(c1)Cc1cc(C(=O)CO)ccc1-2.O=CO. The van der Waals surface area contributed by atoms with Gasteiger partial charge in [0.1, 0.15) is 12.6 Å². The summed E-state index contributed by atoms with van der Waals surface area (Å²) in [7, 11) is 0. The lowest BCUT2D eigenvalue weighted by molar-refractivity contribution is -0.150. The number of aliphatic hydroxyl groups excluding tert-OH is 1. The molecule has 2 aliphatic carbocycles. The highest BCUT2D eigenvalue weighted by Gasteiger charge is 2.50. The van der Waals surface area contributed by atoms with Crippen molar-refractivity contribution >= 4 is 24.0 Å². The van der Waals surface area contributed by atoms with E-state index >= 15 is 0 Å². The number of carboxylic acid groups (broad SMARTS) is 1. The number of fused-ring (bicyclic) bond motifs is 4. The average Bonchev–Trinajstić information content (AvgIpc) is 3.58. The molecule has 2 fully saturated rings. The van der Waals surface area contributed by atoms with Gasteiger partial charge < -0.3 is 14.9 Å². The van der Waals surface area contributed by atoms with E-state index in [0.29, 0.717) is 29.5 Å². The van der Waals surface area contributed by atoms with Gasteiger partial charge in [0.25, 0.3) is 6.47 Å². The lowest BCUT2D eigenvalue weighted by Crippen LogP contribution is -2.52. The minimum Gasteiger partial charge on any atom is -0.483 e. The van der Waals surface area contributed by atoms with Gasteiger partial charge >= 0.3 is 5.97 Å². The van der Waals surface area contributed by atoms with Gasteiger partial charge in [-0.3, -0.25) is 24.1 Å². The summed E-state index contributed by atoms with van der Waals surface area (Å²) in [5.41, 5.74) is 4.96. The Balaban J connectivity index is 0.00000107. The first kappa shape index (κ1) is 27.7. The van der Waals surface area contributed by atoms with Crippen LogP contribution in [0.4, 0.5) is 0 Å². The number of carbonyl (C=O) groups is 4. The maximum Gasteiger partial charge on any atom is 0.323 e. The third kappa shape index (κ3) is 5.42. The number of ketones is 2. The van der Waals surface area contributed by atoms with Crippen molar-refractivity contribution in [2.24, 2.45) is 5.92 Å². The van der Waals surface area contributed by atoms with Gasteiger partial charge in [-0.05, 0) is 86.8 Å². The molecule has 2 N–H and O–H groups in total. The van der Waals surface area contributed by atoms with Crippen molar-refractivity contribution in [2.45, 2.75) is 70.5 Å². The lowest BCUT2D eigenvalue weighted by atomic mass is 10.0. The summed E-state index contributed by atoms with van der Waals surface area (Å²) in [6, 6.07) is 11.1. The summed E-state index contributed by atoms with van der Waals surface area (Å²) in [4.78, 5) is 48.5. The van der Waals surface area contributed by atoms with Crippen LogP contribution in [0.15, 0.2) is 36.4 Å². The normalized spacial score (nSPS) is 21.5. The molecular weight excluding hydrogens is 486 g/mol. The molecule has 8 heteroatoms. The van der Waals surface area contributed by atoms with Crippen molar-refractivity contribution < 1.29 is 34.1 Å². The molecule has 2 aromatic rings. The smallest absolute Gasteiger partial charge is 0.323 e. The lowest BCUT2D eigenvalue weighted by Gasteiger charge is -2.40. The Morgan fingerprint density at radius 2 is 1.58 bits per heavy atom. The second-order valence-electron chi connectivity index (χ2n) is 11.2. The maximum absolute atomic E-state index is 13.1. The maximum atomic E-state index is 13.1. The number of rotatable bonds is 6. The quantitative estimate of drug-likeness (QED) is 0.285. The van der Waals surface area contributed by atoms with E-state index in [-0.39, 0.29) is 42.2 Å². The zero-order chi connectivity index (χ0) is 27.6. The Morgan fingerprint density at radius 3 is 2.13 bits per heavy atom. The number of likely N-dealkylation sites (tertiary alicyclic amines) is 1. The fourth-order valence-electron chi connectivity index (χ4n) is 6.43. The predicted octanol–water partition coefficient (Wildman–Crippen LogP) is 3.90. The van der Waals surface area contributed by atoms with Crippen LogP contribution in [0, 0.1) is 5.92 Å². The number of hydrogen-bond acceptors (Lipinski definition) is 7. The molecule has 0 spiro atoms. The number of carbonyl (C=O) groups excluding carboxylic acids is 3. The zero-order valence-corrected chi connectivity index (χ0v) is 22.1. The predicted molar refractivity (Wildman–Crippen MR) is 141 cm³/mol. The van der Waals surface area contributed by atoms with Crippen LogP contribution in [0.3, 0.4) is 0 Å². The van der Waals surface area contributed by atoms with E-state index in [0.717, 1.165) is 41.5 Å². The van der Waals surface area contributed by atoms with Crippen LogP contribution in [0.2, 0.25) is 0 Å². The summed E-state index contributed by atoms with van der Waals surface area (Å²) >= 11 is 0. The van der Waals surface area contributed by atoms with Crippen molar-refractivity contribution in [1.82, 2.24) is 4.90 Å². The third-order valence-electron chi connectivity index (χ3n) is 7.90. The Morgan fingerprint density at radius 1 is 1.00 bits per heavy atom. The van der Waals surface area contributed by atoms with Crippen LogP contribution in [-0.2, 0) is 20.7 Å². The molecule has 1 aliphatic heterocycles. The second kappa shape index (κ2) is 11.2. The van der Waals surface area contributed by atoms with Crippen molar-refractivity contribution in [3.63, 3.8) is 0 Å². The monoisotopic (exact) mass is 521 g/mol. The van der Waals surface area contributed by atoms with Gasteiger partial charge in [0.15, 0.2) is 18.2 Å². The van der Waals surface area contributed by atoms with E-state index in [4.69, 9.17) is 19.7 Å². The molecule has 2 aromatic carbocycles. The Bertz CT molecular complexity index is 1250. The highest BCUT2D eigenvalue weighted by Crippen LogP contribution is 2.45. The number of aliphatic hydroxyl groups is 1. The van der Waals surface area contributed by atoms with Crippen LogP contribution in [0.1, 0.15) is 78.3 Å². The van der Waals surface area contributed by atoms with Gasteiger partial charge in [-0.2, -0.15) is 0 Å². The van der Waals surface area contributed by atoms with Gasteiger partial charge in [0.05, 0.1) is 0 Å². The number of benzene rings is 2. The first-order valence-corrected chi connectivity index (χ1v) is 13.1. The minimum absolute atomic E-state index is 0.131. The van der Waals surface area contributed by atoms with E-state index in [1.807, 2.05) is 24.3 Å². The van der Waals surface area contributed by atoms with Crippen LogP contribution in [0.25, 0.3) is 11.1 Å². The number of nitrogens with zero attached hydrogens (tertiary/aromatic N) is 1. The van der Waals surface area contributed by atoms with E-state index in [1.54, 1.807) is 12.1 Å². The Hall–Kier alpha value is -3.36. The van der Waals surface area contributed by atoms with Crippen LogP contribution in [0.5, 0.6) is 0 Å². The zero-order valence-electron chi connectivity index (χ0n) is 22.1. The summed E-state index contributed by atoms with van der Waals surface area (Å²) in [5, 5.41) is 16.0. The van der Waals surface area contributed by atoms with Gasteiger partial charge in [-0.25, -0.2) is 0 Å². The molecule has 0 amide bonds.